The van der Waals surface area contributed by atoms with Crippen molar-refractivity contribution in [3.8, 4) is 0 Å². The highest BCUT2D eigenvalue weighted by Crippen LogP contribution is 2.17. The second kappa shape index (κ2) is 7.65. The molecule has 0 amide bonds. The first-order valence-electron chi connectivity index (χ1n) is 5.53. The molecule has 0 aromatic carbocycles. The Hall–Kier alpha value is -0.590. The summed E-state index contributed by atoms with van der Waals surface area (Å²) in [5, 5.41) is 20.6. The molecule has 92 valence electrons. The fraction of sp³-hybridized carbons (Fsp3) is 0.800. The van der Waals surface area contributed by atoms with Crippen molar-refractivity contribution in [1.82, 2.24) is 15.5 Å². The minimum absolute atomic E-state index is 0.199. The highest BCUT2D eigenvalue weighted by Gasteiger charge is 2.10. The predicted molar refractivity (Wildman–Crippen MR) is 63.5 cm³/mol. The van der Waals surface area contributed by atoms with Crippen molar-refractivity contribution in [2.24, 2.45) is 0 Å². The largest absolute Gasteiger partial charge is 0.416 e. The van der Waals surface area contributed by atoms with E-state index in [1.54, 1.807) is 6.92 Å². The van der Waals surface area contributed by atoms with Crippen LogP contribution >= 0.6 is 11.8 Å². The maximum absolute atomic E-state index is 8.94. The smallest absolute Gasteiger partial charge is 0.276 e. The average Bonchev–Trinajstić information content (AvgIpc) is 2.68. The maximum atomic E-state index is 8.94. The van der Waals surface area contributed by atoms with Crippen LogP contribution in [0.25, 0.3) is 0 Å². The van der Waals surface area contributed by atoms with Crippen molar-refractivity contribution in [3.63, 3.8) is 0 Å². The summed E-state index contributed by atoms with van der Waals surface area (Å²) < 4.78 is 5.27. The molecular formula is C10H19N3O2S. The van der Waals surface area contributed by atoms with Gasteiger partial charge in [0.15, 0.2) is 0 Å². The number of aromatic nitrogens is 2. The van der Waals surface area contributed by atoms with Crippen LogP contribution in [0.15, 0.2) is 9.64 Å². The molecule has 0 saturated carbocycles. The van der Waals surface area contributed by atoms with Crippen molar-refractivity contribution in [2.45, 2.75) is 38.0 Å². The number of rotatable bonds is 8. The van der Waals surface area contributed by atoms with Gasteiger partial charge in [-0.05, 0) is 19.4 Å². The molecule has 0 bridgehead atoms. The molecule has 2 N–H and O–H groups in total. The molecule has 0 fully saturated rings. The Kier molecular flexibility index (Phi) is 6.44. The molecule has 0 aliphatic carbocycles. The van der Waals surface area contributed by atoms with Gasteiger partial charge in [-0.2, -0.15) is 0 Å². The Balaban J connectivity index is 2.30. The maximum Gasteiger partial charge on any atom is 0.276 e. The van der Waals surface area contributed by atoms with E-state index in [1.165, 1.54) is 11.8 Å². The van der Waals surface area contributed by atoms with E-state index in [2.05, 4.69) is 22.4 Å². The standard InChI is InChI=1S/C10H19N3O2S/c1-3-5-11-9(4-6-14)7-16-10-13-12-8(2)15-10/h9,11,14H,3-7H2,1-2H3. The third-order valence-corrected chi connectivity index (χ3v) is 3.06. The molecule has 0 saturated heterocycles. The number of hydrogen-bond acceptors (Lipinski definition) is 6. The zero-order valence-corrected chi connectivity index (χ0v) is 10.6. The van der Waals surface area contributed by atoms with Crippen molar-refractivity contribution >= 4 is 11.8 Å². The van der Waals surface area contributed by atoms with E-state index in [4.69, 9.17) is 9.52 Å². The van der Waals surface area contributed by atoms with Gasteiger partial charge in [-0.15, -0.1) is 10.2 Å². The van der Waals surface area contributed by atoms with Crippen LogP contribution in [0, 0.1) is 6.92 Å². The Morgan fingerprint density at radius 2 is 2.31 bits per heavy atom. The molecule has 5 nitrogen and oxygen atoms in total. The van der Waals surface area contributed by atoms with Gasteiger partial charge in [-0.1, -0.05) is 18.7 Å². The zero-order valence-electron chi connectivity index (χ0n) is 9.77. The van der Waals surface area contributed by atoms with E-state index in [0.717, 1.165) is 25.1 Å². The molecular weight excluding hydrogens is 226 g/mol. The van der Waals surface area contributed by atoms with Gasteiger partial charge >= 0.3 is 0 Å². The third kappa shape index (κ3) is 4.96. The highest BCUT2D eigenvalue weighted by molar-refractivity contribution is 7.99. The summed E-state index contributed by atoms with van der Waals surface area (Å²) in [7, 11) is 0. The first-order valence-corrected chi connectivity index (χ1v) is 6.52. The predicted octanol–water partition coefficient (Wildman–Crippen LogP) is 1.22. The van der Waals surface area contributed by atoms with Gasteiger partial charge in [-0.3, -0.25) is 0 Å². The summed E-state index contributed by atoms with van der Waals surface area (Å²) in [6.45, 7) is 5.06. The fourth-order valence-electron chi connectivity index (χ4n) is 1.26. The van der Waals surface area contributed by atoms with Gasteiger partial charge in [0.2, 0.25) is 5.89 Å². The van der Waals surface area contributed by atoms with Gasteiger partial charge < -0.3 is 14.8 Å². The number of thioether (sulfide) groups is 1. The van der Waals surface area contributed by atoms with Crippen LogP contribution in [-0.2, 0) is 0 Å². The lowest BCUT2D eigenvalue weighted by atomic mass is 10.2. The topological polar surface area (TPSA) is 71.2 Å². The Morgan fingerprint density at radius 3 is 2.88 bits per heavy atom. The molecule has 0 spiro atoms. The number of hydrogen-bond donors (Lipinski definition) is 2. The summed E-state index contributed by atoms with van der Waals surface area (Å²) in [5.41, 5.74) is 0. The van der Waals surface area contributed by atoms with Gasteiger partial charge in [0.1, 0.15) is 0 Å². The minimum atomic E-state index is 0.199. The van der Waals surface area contributed by atoms with Crippen LogP contribution in [0.3, 0.4) is 0 Å². The van der Waals surface area contributed by atoms with Crippen LogP contribution in [0.2, 0.25) is 0 Å². The average molecular weight is 245 g/mol. The molecule has 1 unspecified atom stereocenters. The number of aliphatic hydroxyl groups is 1. The van der Waals surface area contributed by atoms with E-state index < -0.39 is 0 Å². The summed E-state index contributed by atoms with van der Waals surface area (Å²) in [4.78, 5) is 0. The quantitative estimate of drug-likeness (QED) is 0.671. The molecule has 0 radical (unpaired) electrons. The molecule has 0 aliphatic rings. The lowest BCUT2D eigenvalue weighted by Gasteiger charge is -2.15. The van der Waals surface area contributed by atoms with Gasteiger partial charge in [0.25, 0.3) is 5.22 Å². The molecule has 1 aromatic heterocycles. The van der Waals surface area contributed by atoms with Crippen LogP contribution in [-0.4, -0.2) is 40.3 Å². The monoisotopic (exact) mass is 245 g/mol. The number of nitrogens with one attached hydrogen (secondary N) is 1. The van der Waals surface area contributed by atoms with Crippen molar-refractivity contribution < 1.29 is 9.52 Å². The Bertz CT molecular complexity index is 293. The Morgan fingerprint density at radius 1 is 1.50 bits per heavy atom. The minimum Gasteiger partial charge on any atom is -0.416 e. The summed E-state index contributed by atoms with van der Waals surface area (Å²) in [6, 6.07) is 0.294. The molecule has 6 heteroatoms. The second-order valence-electron chi connectivity index (χ2n) is 3.56. The molecule has 1 atom stereocenters. The zero-order chi connectivity index (χ0) is 11.8. The SMILES string of the molecule is CCCNC(CCO)CSc1nnc(C)o1. The highest BCUT2D eigenvalue weighted by atomic mass is 32.2. The van der Waals surface area contributed by atoms with E-state index in [9.17, 15) is 0 Å². The first kappa shape index (κ1) is 13.5. The van der Waals surface area contributed by atoms with E-state index in [1.807, 2.05) is 0 Å². The number of nitrogens with zero attached hydrogens (tertiary/aromatic N) is 2. The van der Waals surface area contributed by atoms with Crippen molar-refractivity contribution in [2.75, 3.05) is 18.9 Å². The van der Waals surface area contributed by atoms with Crippen molar-refractivity contribution in [3.05, 3.63) is 5.89 Å². The number of aryl methyl sites for hydroxylation is 1. The van der Waals surface area contributed by atoms with Gasteiger partial charge in [-0.25, -0.2) is 0 Å². The third-order valence-electron chi connectivity index (χ3n) is 2.08. The number of aliphatic hydroxyl groups excluding tert-OH is 1. The summed E-state index contributed by atoms with van der Waals surface area (Å²) in [6.07, 6.45) is 1.84. The fourth-order valence-corrected chi connectivity index (χ4v) is 2.16. The molecule has 1 heterocycles. The van der Waals surface area contributed by atoms with Crippen molar-refractivity contribution in [1.29, 1.82) is 0 Å². The van der Waals surface area contributed by atoms with Gasteiger partial charge in [0.05, 0.1) is 0 Å². The Labute approximate surface area is 100 Å². The van der Waals surface area contributed by atoms with E-state index in [0.29, 0.717) is 17.2 Å². The molecule has 1 aromatic rings. The van der Waals surface area contributed by atoms with Crippen LogP contribution in [0.4, 0.5) is 0 Å². The summed E-state index contributed by atoms with van der Waals surface area (Å²) in [5.74, 6) is 1.42. The van der Waals surface area contributed by atoms with Gasteiger partial charge in [0, 0.05) is 25.3 Å². The molecule has 0 aliphatic heterocycles. The van der Waals surface area contributed by atoms with E-state index >= 15 is 0 Å². The molecule has 1 rings (SSSR count). The van der Waals surface area contributed by atoms with Crippen LogP contribution in [0.5, 0.6) is 0 Å². The normalized spacial score (nSPS) is 12.9. The van der Waals surface area contributed by atoms with Crippen LogP contribution < -0.4 is 5.32 Å². The summed E-state index contributed by atoms with van der Waals surface area (Å²) >= 11 is 1.53. The second-order valence-corrected chi connectivity index (χ2v) is 4.53. The first-order chi connectivity index (χ1) is 7.76. The lowest BCUT2D eigenvalue weighted by Crippen LogP contribution is -2.32. The van der Waals surface area contributed by atoms with E-state index in [-0.39, 0.29) is 6.61 Å². The lowest BCUT2D eigenvalue weighted by molar-refractivity contribution is 0.270. The molecule has 16 heavy (non-hydrogen) atoms. The van der Waals surface area contributed by atoms with Crippen LogP contribution in [0.1, 0.15) is 25.7 Å².